The van der Waals surface area contributed by atoms with Crippen LogP contribution in [0.2, 0.25) is 5.02 Å². The first-order valence-electron chi connectivity index (χ1n) is 5.91. The summed E-state index contributed by atoms with van der Waals surface area (Å²) in [5, 5.41) is 20.3. The van der Waals surface area contributed by atoms with Gasteiger partial charge in [-0.1, -0.05) is 17.7 Å². The van der Waals surface area contributed by atoms with Crippen LogP contribution in [0.4, 0.5) is 11.4 Å². The molecule has 0 aromatic heterocycles. The molecule has 0 atom stereocenters. The second-order valence-electron chi connectivity index (χ2n) is 4.31. The monoisotopic (exact) mass is 306 g/mol. The van der Waals surface area contributed by atoms with E-state index < -0.39 is 10.8 Å². The van der Waals surface area contributed by atoms with Gasteiger partial charge in [-0.2, -0.15) is 0 Å². The van der Waals surface area contributed by atoms with Crippen LogP contribution in [0.15, 0.2) is 42.5 Å². The van der Waals surface area contributed by atoms with E-state index in [2.05, 4.69) is 0 Å². The summed E-state index contributed by atoms with van der Waals surface area (Å²) in [5.74, 6) is -0.494. The van der Waals surface area contributed by atoms with E-state index in [-0.39, 0.29) is 22.0 Å². The number of amides is 1. The number of nitro benzene ring substituents is 1. The molecule has 0 fully saturated rings. The molecular formula is C14H11ClN2O4. The van der Waals surface area contributed by atoms with E-state index in [1.54, 1.807) is 12.1 Å². The number of hydrogen-bond acceptors (Lipinski definition) is 4. The van der Waals surface area contributed by atoms with Gasteiger partial charge >= 0.3 is 0 Å². The molecule has 0 unspecified atom stereocenters. The van der Waals surface area contributed by atoms with Crippen LogP contribution >= 0.6 is 11.6 Å². The number of phenolic OH excluding ortho intramolecular Hbond substituents is 1. The maximum Gasteiger partial charge on any atom is 0.270 e. The SMILES string of the molecule is CN(C(=O)c1cc([N+](=O)[O-])ccc1Cl)c1cccc(O)c1. The quantitative estimate of drug-likeness (QED) is 0.697. The molecule has 7 heteroatoms. The van der Waals surface area contributed by atoms with Crippen LogP contribution in [0.1, 0.15) is 10.4 Å². The summed E-state index contributed by atoms with van der Waals surface area (Å²) in [6.07, 6.45) is 0. The Morgan fingerprint density at radius 2 is 2.00 bits per heavy atom. The van der Waals surface area contributed by atoms with Crippen molar-refractivity contribution in [2.45, 2.75) is 0 Å². The van der Waals surface area contributed by atoms with E-state index in [9.17, 15) is 20.0 Å². The predicted octanol–water partition coefficient (Wildman–Crippen LogP) is 3.23. The molecule has 6 nitrogen and oxygen atoms in total. The number of aromatic hydroxyl groups is 1. The number of benzene rings is 2. The molecule has 2 rings (SSSR count). The molecule has 2 aromatic rings. The van der Waals surface area contributed by atoms with Gasteiger partial charge in [0.05, 0.1) is 15.5 Å². The molecule has 0 aliphatic carbocycles. The number of rotatable bonds is 3. The van der Waals surface area contributed by atoms with E-state index >= 15 is 0 Å². The maximum absolute atomic E-state index is 12.4. The third-order valence-electron chi connectivity index (χ3n) is 2.91. The van der Waals surface area contributed by atoms with Gasteiger partial charge in [-0.3, -0.25) is 14.9 Å². The number of phenols is 1. The van der Waals surface area contributed by atoms with Crippen molar-refractivity contribution in [2.75, 3.05) is 11.9 Å². The van der Waals surface area contributed by atoms with E-state index in [1.165, 1.54) is 36.2 Å². The van der Waals surface area contributed by atoms with Crippen LogP contribution in [-0.4, -0.2) is 23.0 Å². The molecule has 0 heterocycles. The molecule has 0 bridgehead atoms. The highest BCUT2D eigenvalue weighted by atomic mass is 35.5. The first-order valence-corrected chi connectivity index (χ1v) is 6.29. The molecule has 1 amide bonds. The Morgan fingerprint density at radius 1 is 1.29 bits per heavy atom. The van der Waals surface area contributed by atoms with E-state index in [4.69, 9.17) is 11.6 Å². The smallest absolute Gasteiger partial charge is 0.270 e. The molecule has 0 aliphatic rings. The lowest BCUT2D eigenvalue weighted by atomic mass is 10.1. The van der Waals surface area contributed by atoms with Crippen LogP contribution in [-0.2, 0) is 0 Å². The van der Waals surface area contributed by atoms with Crippen LogP contribution in [0.3, 0.4) is 0 Å². The van der Waals surface area contributed by atoms with Gasteiger partial charge in [-0.15, -0.1) is 0 Å². The fraction of sp³-hybridized carbons (Fsp3) is 0.0714. The highest BCUT2D eigenvalue weighted by molar-refractivity contribution is 6.34. The number of hydrogen-bond donors (Lipinski definition) is 1. The van der Waals surface area contributed by atoms with Crippen molar-refractivity contribution in [2.24, 2.45) is 0 Å². The molecule has 1 N–H and O–H groups in total. The van der Waals surface area contributed by atoms with Gasteiger partial charge in [0.2, 0.25) is 0 Å². The van der Waals surface area contributed by atoms with E-state index in [0.29, 0.717) is 5.69 Å². The molecule has 0 spiro atoms. The molecule has 108 valence electrons. The van der Waals surface area contributed by atoms with Gasteiger partial charge in [-0.05, 0) is 18.2 Å². The standard InChI is InChI=1S/C14H11ClN2O4/c1-16(9-3-2-4-11(18)7-9)14(19)12-8-10(17(20)21)5-6-13(12)15/h2-8,18H,1H3. The number of non-ortho nitro benzene ring substituents is 1. The number of carbonyl (C=O) groups is 1. The van der Waals surface area contributed by atoms with Crippen molar-refractivity contribution in [1.82, 2.24) is 0 Å². The number of nitro groups is 1. The Hall–Kier alpha value is -2.60. The van der Waals surface area contributed by atoms with Gasteiger partial charge in [0.25, 0.3) is 11.6 Å². The Bertz CT molecular complexity index is 718. The van der Waals surface area contributed by atoms with E-state index in [1.807, 2.05) is 0 Å². The summed E-state index contributed by atoms with van der Waals surface area (Å²) in [6.45, 7) is 0. The van der Waals surface area contributed by atoms with Crippen molar-refractivity contribution in [3.05, 3.63) is 63.2 Å². The Kier molecular flexibility index (Phi) is 4.09. The number of carbonyl (C=O) groups excluding carboxylic acids is 1. The first-order chi connectivity index (χ1) is 9.90. The lowest BCUT2D eigenvalue weighted by molar-refractivity contribution is -0.384. The zero-order chi connectivity index (χ0) is 15.6. The van der Waals surface area contributed by atoms with Crippen molar-refractivity contribution in [1.29, 1.82) is 0 Å². The number of nitrogens with zero attached hydrogens (tertiary/aromatic N) is 2. The summed E-state index contributed by atoms with van der Waals surface area (Å²) < 4.78 is 0. The number of anilines is 1. The van der Waals surface area contributed by atoms with E-state index in [0.717, 1.165) is 6.07 Å². The highest BCUT2D eigenvalue weighted by Gasteiger charge is 2.20. The van der Waals surface area contributed by atoms with Crippen molar-refractivity contribution < 1.29 is 14.8 Å². The predicted molar refractivity (Wildman–Crippen MR) is 78.9 cm³/mol. The largest absolute Gasteiger partial charge is 0.508 e. The molecular weight excluding hydrogens is 296 g/mol. The van der Waals surface area contributed by atoms with Crippen molar-refractivity contribution in [3.63, 3.8) is 0 Å². The van der Waals surface area contributed by atoms with Gasteiger partial charge in [-0.25, -0.2) is 0 Å². The first kappa shape index (κ1) is 14.8. The molecule has 2 aromatic carbocycles. The van der Waals surface area contributed by atoms with Crippen LogP contribution in [0.25, 0.3) is 0 Å². The average molecular weight is 307 g/mol. The minimum absolute atomic E-state index is 0.0114. The summed E-state index contributed by atoms with van der Waals surface area (Å²) in [6, 6.07) is 9.76. The highest BCUT2D eigenvalue weighted by Crippen LogP contribution is 2.26. The van der Waals surface area contributed by atoms with Crippen molar-refractivity contribution >= 4 is 28.9 Å². The van der Waals surface area contributed by atoms with Gasteiger partial charge in [0.1, 0.15) is 5.75 Å². The van der Waals surface area contributed by atoms with Crippen LogP contribution in [0, 0.1) is 10.1 Å². The normalized spacial score (nSPS) is 10.2. The van der Waals surface area contributed by atoms with Crippen LogP contribution in [0.5, 0.6) is 5.75 Å². The summed E-state index contributed by atoms with van der Waals surface area (Å²) >= 11 is 5.94. The molecule has 21 heavy (non-hydrogen) atoms. The molecule has 0 aliphatic heterocycles. The third-order valence-corrected chi connectivity index (χ3v) is 3.24. The van der Waals surface area contributed by atoms with Gasteiger partial charge in [0.15, 0.2) is 0 Å². The Morgan fingerprint density at radius 3 is 2.62 bits per heavy atom. The fourth-order valence-electron chi connectivity index (χ4n) is 1.79. The molecule has 0 saturated heterocycles. The maximum atomic E-state index is 12.4. The second kappa shape index (κ2) is 5.80. The second-order valence-corrected chi connectivity index (χ2v) is 4.71. The van der Waals surface area contributed by atoms with Gasteiger partial charge < -0.3 is 10.0 Å². The summed E-state index contributed by atoms with van der Waals surface area (Å²) in [4.78, 5) is 23.8. The number of halogens is 1. The Labute approximate surface area is 125 Å². The molecule has 0 saturated carbocycles. The minimum Gasteiger partial charge on any atom is -0.508 e. The Balaban J connectivity index is 2.39. The third kappa shape index (κ3) is 3.11. The lowest BCUT2D eigenvalue weighted by Gasteiger charge is -2.18. The topological polar surface area (TPSA) is 83.7 Å². The summed E-state index contributed by atoms with van der Waals surface area (Å²) in [5.41, 5.74) is 0.256. The lowest BCUT2D eigenvalue weighted by Crippen LogP contribution is -2.26. The van der Waals surface area contributed by atoms with Gasteiger partial charge in [0, 0.05) is 30.9 Å². The minimum atomic E-state index is -0.596. The summed E-state index contributed by atoms with van der Waals surface area (Å²) in [7, 11) is 1.49. The van der Waals surface area contributed by atoms with Crippen molar-refractivity contribution in [3.8, 4) is 5.75 Å². The van der Waals surface area contributed by atoms with Crippen LogP contribution < -0.4 is 4.90 Å². The zero-order valence-corrected chi connectivity index (χ0v) is 11.7. The molecule has 0 radical (unpaired) electrons. The average Bonchev–Trinajstić information content (AvgIpc) is 2.46. The fourth-order valence-corrected chi connectivity index (χ4v) is 1.99. The zero-order valence-electron chi connectivity index (χ0n) is 11.0.